The van der Waals surface area contributed by atoms with Gasteiger partial charge in [0.05, 0.1) is 4.99 Å². The minimum atomic E-state index is -3.58. The smallest absolute Gasteiger partial charge is 0.244 e. The molecule has 1 rings (SSSR count). The summed E-state index contributed by atoms with van der Waals surface area (Å²) in [5.41, 5.74) is 5.54. The highest BCUT2D eigenvalue weighted by Crippen LogP contribution is 2.19. The van der Waals surface area contributed by atoms with Crippen LogP contribution in [0.3, 0.4) is 0 Å². The van der Waals surface area contributed by atoms with E-state index in [4.69, 9.17) is 18.0 Å². The van der Waals surface area contributed by atoms with Crippen LogP contribution in [0, 0.1) is 5.92 Å². The van der Waals surface area contributed by atoms with Gasteiger partial charge in [-0.25, -0.2) is 8.42 Å². The molecule has 1 aromatic rings. The average molecular weight is 366 g/mol. The van der Waals surface area contributed by atoms with Gasteiger partial charge in [0.25, 0.3) is 0 Å². The topological polar surface area (TPSA) is 76.3 Å². The Hall–Kier alpha value is -0.570. The molecule has 0 aliphatic carbocycles. The molecule has 0 amide bonds. The van der Waals surface area contributed by atoms with Crippen LogP contribution in [0.5, 0.6) is 0 Å². The van der Waals surface area contributed by atoms with Crippen LogP contribution in [0.15, 0.2) is 27.8 Å². The van der Waals surface area contributed by atoms with E-state index in [1.807, 2.05) is 0 Å². The first-order chi connectivity index (χ1) is 8.78. The lowest BCUT2D eigenvalue weighted by Crippen LogP contribution is -2.38. The predicted molar refractivity (Wildman–Crippen MR) is 82.3 cm³/mol. The van der Waals surface area contributed by atoms with Gasteiger partial charge in [-0.3, -0.25) is 4.98 Å². The molecule has 0 radical (unpaired) electrons. The van der Waals surface area contributed by atoms with Crippen molar-refractivity contribution < 1.29 is 8.42 Å². The van der Waals surface area contributed by atoms with Gasteiger partial charge in [0.1, 0.15) is 4.90 Å². The number of thiocarbonyl (C=S) groups is 1. The Kier molecular flexibility index (Phi) is 5.84. The molecule has 5 nitrogen and oxygen atoms in total. The molecule has 8 heteroatoms. The molecule has 0 bridgehead atoms. The Morgan fingerprint density at radius 1 is 1.58 bits per heavy atom. The summed E-state index contributed by atoms with van der Waals surface area (Å²) in [6.45, 7) is 4.19. The quantitative estimate of drug-likeness (QED) is 0.777. The van der Waals surface area contributed by atoms with E-state index in [1.165, 1.54) is 22.8 Å². The van der Waals surface area contributed by atoms with E-state index in [0.717, 1.165) is 0 Å². The zero-order valence-corrected chi connectivity index (χ0v) is 13.9. The SMILES string of the molecule is CCN(CC(C)C(N)=S)S(=O)(=O)c1cncc(Br)c1. The Morgan fingerprint density at radius 2 is 2.21 bits per heavy atom. The maximum absolute atomic E-state index is 12.5. The number of rotatable bonds is 6. The molecule has 19 heavy (non-hydrogen) atoms. The fourth-order valence-corrected chi connectivity index (χ4v) is 3.59. The molecule has 2 N–H and O–H groups in total. The number of nitrogens with two attached hydrogens (primary N) is 1. The van der Waals surface area contributed by atoms with Crippen molar-refractivity contribution in [3.8, 4) is 0 Å². The van der Waals surface area contributed by atoms with Crippen LogP contribution in [0.1, 0.15) is 13.8 Å². The molecule has 0 spiro atoms. The first-order valence-corrected chi connectivity index (χ1v) is 8.33. The van der Waals surface area contributed by atoms with Gasteiger partial charge in [0.2, 0.25) is 10.0 Å². The third-order valence-corrected chi connectivity index (χ3v) is 5.38. The molecule has 106 valence electrons. The van der Waals surface area contributed by atoms with Crippen molar-refractivity contribution in [1.82, 2.24) is 9.29 Å². The average Bonchev–Trinajstić information content (AvgIpc) is 2.35. The highest BCUT2D eigenvalue weighted by molar-refractivity contribution is 9.10. The van der Waals surface area contributed by atoms with Crippen LogP contribution < -0.4 is 5.73 Å². The van der Waals surface area contributed by atoms with Crippen molar-refractivity contribution in [2.75, 3.05) is 13.1 Å². The summed E-state index contributed by atoms with van der Waals surface area (Å²) in [6, 6.07) is 1.52. The van der Waals surface area contributed by atoms with Crippen molar-refractivity contribution in [1.29, 1.82) is 0 Å². The number of hydrogen-bond acceptors (Lipinski definition) is 4. The van der Waals surface area contributed by atoms with E-state index in [9.17, 15) is 8.42 Å². The van der Waals surface area contributed by atoms with Gasteiger partial charge in [-0.2, -0.15) is 4.31 Å². The normalized spacial score (nSPS) is 13.5. The number of sulfonamides is 1. The Morgan fingerprint density at radius 3 is 2.68 bits per heavy atom. The van der Waals surface area contributed by atoms with E-state index in [0.29, 0.717) is 16.0 Å². The minimum Gasteiger partial charge on any atom is -0.393 e. The van der Waals surface area contributed by atoms with Crippen LogP contribution in [-0.4, -0.2) is 35.8 Å². The van der Waals surface area contributed by atoms with Gasteiger partial charge in [-0.05, 0) is 22.0 Å². The van der Waals surface area contributed by atoms with Crippen molar-refractivity contribution in [2.24, 2.45) is 11.7 Å². The predicted octanol–water partition coefficient (Wildman–Crippen LogP) is 1.78. The third-order valence-electron chi connectivity index (χ3n) is 2.63. The molecule has 1 heterocycles. The lowest BCUT2D eigenvalue weighted by Gasteiger charge is -2.23. The second-order valence-electron chi connectivity index (χ2n) is 4.10. The number of nitrogens with zero attached hydrogens (tertiary/aromatic N) is 2. The number of halogens is 1. The van der Waals surface area contributed by atoms with E-state index >= 15 is 0 Å². The maximum Gasteiger partial charge on any atom is 0.244 e. The highest BCUT2D eigenvalue weighted by Gasteiger charge is 2.25. The molecule has 0 saturated heterocycles. The summed E-state index contributed by atoms with van der Waals surface area (Å²) in [5, 5.41) is 0. The van der Waals surface area contributed by atoms with Crippen LogP contribution in [-0.2, 0) is 10.0 Å². The lowest BCUT2D eigenvalue weighted by atomic mass is 10.2. The maximum atomic E-state index is 12.5. The fraction of sp³-hybridized carbons (Fsp3) is 0.455. The van der Waals surface area contributed by atoms with E-state index < -0.39 is 10.0 Å². The first kappa shape index (κ1) is 16.5. The zero-order valence-electron chi connectivity index (χ0n) is 10.7. The minimum absolute atomic E-state index is 0.152. The standard InChI is InChI=1S/C11H16BrN3O2S2/c1-3-15(7-8(2)11(13)18)19(16,17)10-4-9(12)5-14-6-10/h4-6,8H,3,7H2,1-2H3,(H2,13,18). The number of aromatic nitrogens is 1. The van der Waals surface area contributed by atoms with Crippen LogP contribution in [0.25, 0.3) is 0 Å². The largest absolute Gasteiger partial charge is 0.393 e. The second kappa shape index (κ2) is 6.74. The van der Waals surface area contributed by atoms with Crippen molar-refractivity contribution in [2.45, 2.75) is 18.7 Å². The Labute approximate surface area is 127 Å². The third kappa shape index (κ3) is 4.20. The van der Waals surface area contributed by atoms with E-state index in [-0.39, 0.29) is 17.4 Å². The van der Waals surface area contributed by atoms with Crippen molar-refractivity contribution in [3.63, 3.8) is 0 Å². The molecule has 0 aromatic carbocycles. The summed E-state index contributed by atoms with van der Waals surface area (Å²) in [7, 11) is -3.58. The van der Waals surface area contributed by atoms with Crippen molar-refractivity contribution >= 4 is 43.2 Å². The second-order valence-corrected chi connectivity index (χ2v) is 7.42. The summed E-state index contributed by atoms with van der Waals surface area (Å²) >= 11 is 8.09. The Bertz CT molecular complexity index is 563. The molecule has 0 aliphatic rings. The van der Waals surface area contributed by atoms with Crippen molar-refractivity contribution in [3.05, 3.63) is 22.9 Å². The summed E-state index contributed by atoms with van der Waals surface area (Å²) in [5.74, 6) is -0.176. The summed E-state index contributed by atoms with van der Waals surface area (Å²) in [6.07, 6.45) is 2.86. The summed E-state index contributed by atoms with van der Waals surface area (Å²) < 4.78 is 26.9. The zero-order chi connectivity index (χ0) is 14.6. The van der Waals surface area contributed by atoms with E-state index in [2.05, 4.69) is 20.9 Å². The fourth-order valence-electron chi connectivity index (χ4n) is 1.48. The lowest BCUT2D eigenvalue weighted by molar-refractivity contribution is 0.405. The molecule has 1 unspecified atom stereocenters. The molecule has 0 fully saturated rings. The molecular weight excluding hydrogens is 350 g/mol. The summed E-state index contributed by atoms with van der Waals surface area (Å²) in [4.78, 5) is 4.34. The van der Waals surface area contributed by atoms with Gasteiger partial charge < -0.3 is 5.73 Å². The van der Waals surface area contributed by atoms with Gasteiger partial charge in [-0.15, -0.1) is 0 Å². The van der Waals surface area contributed by atoms with Gasteiger partial charge in [-0.1, -0.05) is 26.1 Å². The molecule has 0 aliphatic heterocycles. The van der Waals surface area contributed by atoms with Crippen LogP contribution in [0.2, 0.25) is 0 Å². The van der Waals surface area contributed by atoms with E-state index in [1.54, 1.807) is 13.8 Å². The molecular formula is C11H16BrN3O2S2. The van der Waals surface area contributed by atoms with Crippen LogP contribution >= 0.6 is 28.1 Å². The number of hydrogen-bond donors (Lipinski definition) is 1. The number of pyridine rings is 1. The van der Waals surface area contributed by atoms with Gasteiger partial charge >= 0.3 is 0 Å². The van der Waals surface area contributed by atoms with Gasteiger partial charge in [0.15, 0.2) is 0 Å². The molecule has 1 atom stereocenters. The first-order valence-electron chi connectivity index (χ1n) is 5.69. The Balaban J connectivity index is 3.06. The highest BCUT2D eigenvalue weighted by atomic mass is 79.9. The van der Waals surface area contributed by atoms with Gasteiger partial charge in [0, 0.05) is 35.9 Å². The van der Waals surface area contributed by atoms with Crippen LogP contribution in [0.4, 0.5) is 0 Å². The molecule has 1 aromatic heterocycles. The monoisotopic (exact) mass is 365 g/mol. The molecule has 0 saturated carbocycles.